The lowest BCUT2D eigenvalue weighted by molar-refractivity contribution is -0.120. The molecule has 0 unspecified atom stereocenters. The minimum Gasteiger partial charge on any atom is -0.354 e. The van der Waals surface area contributed by atoms with Crippen LogP contribution in [-0.4, -0.2) is 18.0 Å². The summed E-state index contributed by atoms with van der Waals surface area (Å²) in [5.41, 5.74) is 2.54. The lowest BCUT2D eigenvalue weighted by Gasteiger charge is -2.32. The molecular formula is C17H14Br3N3O2. The van der Waals surface area contributed by atoms with Crippen LogP contribution in [0.5, 0.6) is 0 Å². The lowest BCUT2D eigenvalue weighted by Crippen LogP contribution is -2.54. The Morgan fingerprint density at radius 2 is 1.68 bits per heavy atom. The zero-order chi connectivity index (χ0) is 18.1. The molecule has 0 aliphatic carbocycles. The Morgan fingerprint density at radius 3 is 2.24 bits per heavy atom. The van der Waals surface area contributed by atoms with Crippen LogP contribution in [0.15, 0.2) is 49.8 Å². The average Bonchev–Trinajstić information content (AvgIpc) is 2.51. The highest BCUT2D eigenvalue weighted by molar-refractivity contribution is 9.11. The van der Waals surface area contributed by atoms with Gasteiger partial charge in [0, 0.05) is 37.3 Å². The summed E-state index contributed by atoms with van der Waals surface area (Å²) in [6.45, 7) is 1.86. The molecule has 1 aliphatic heterocycles. The van der Waals surface area contributed by atoms with Gasteiger partial charge in [0.2, 0.25) is 5.91 Å². The van der Waals surface area contributed by atoms with Gasteiger partial charge in [-0.05, 0) is 75.2 Å². The van der Waals surface area contributed by atoms with Crippen molar-refractivity contribution in [2.75, 3.05) is 10.2 Å². The second-order valence-corrected chi connectivity index (χ2v) is 8.32. The number of hydrogen-bond donors (Lipinski definition) is 2. The molecule has 8 heteroatoms. The minimum absolute atomic E-state index is 0.171. The zero-order valence-electron chi connectivity index (χ0n) is 13.1. The molecule has 2 aromatic carbocycles. The van der Waals surface area contributed by atoms with Crippen LogP contribution in [0.4, 0.5) is 21.9 Å². The number of carbonyl (C=O) groups excluding carboxylic acids is 2. The maximum atomic E-state index is 12.1. The maximum Gasteiger partial charge on any atom is 0.328 e. The van der Waals surface area contributed by atoms with Crippen LogP contribution in [0.25, 0.3) is 0 Å². The molecule has 0 saturated carbocycles. The number of imide groups is 1. The van der Waals surface area contributed by atoms with Gasteiger partial charge in [0.25, 0.3) is 0 Å². The van der Waals surface area contributed by atoms with Crippen LogP contribution >= 0.6 is 47.8 Å². The van der Waals surface area contributed by atoms with E-state index in [4.69, 9.17) is 0 Å². The molecule has 2 N–H and O–H groups in total. The SMILES string of the molecule is C[C@@H]1CC(=O)NC(=O)N1c1ccc(Nc2c(Br)cc(Br)cc2Br)cc1. The van der Waals surface area contributed by atoms with Gasteiger partial charge in [-0.25, -0.2) is 4.79 Å². The number of halogens is 3. The lowest BCUT2D eigenvalue weighted by atomic mass is 10.1. The van der Waals surface area contributed by atoms with E-state index in [1.54, 1.807) is 4.90 Å². The second kappa shape index (κ2) is 7.47. The highest BCUT2D eigenvalue weighted by Crippen LogP contribution is 2.36. The molecule has 1 aliphatic rings. The average molecular weight is 532 g/mol. The van der Waals surface area contributed by atoms with E-state index in [0.717, 1.165) is 30.5 Å². The van der Waals surface area contributed by atoms with Crippen molar-refractivity contribution >= 4 is 76.8 Å². The minimum atomic E-state index is -0.386. The van der Waals surface area contributed by atoms with Crippen LogP contribution in [-0.2, 0) is 4.79 Å². The van der Waals surface area contributed by atoms with Crippen molar-refractivity contribution in [3.8, 4) is 0 Å². The van der Waals surface area contributed by atoms with Gasteiger partial charge in [0.05, 0.1) is 5.69 Å². The zero-order valence-corrected chi connectivity index (χ0v) is 17.9. The largest absolute Gasteiger partial charge is 0.354 e. The van der Waals surface area contributed by atoms with Crippen LogP contribution in [0.1, 0.15) is 13.3 Å². The van der Waals surface area contributed by atoms with E-state index >= 15 is 0 Å². The van der Waals surface area contributed by atoms with Gasteiger partial charge in [-0.1, -0.05) is 15.9 Å². The van der Waals surface area contributed by atoms with Crippen molar-refractivity contribution in [1.82, 2.24) is 5.32 Å². The Labute approximate surface area is 170 Å². The molecule has 1 atom stereocenters. The monoisotopic (exact) mass is 529 g/mol. The van der Waals surface area contributed by atoms with Gasteiger partial charge < -0.3 is 5.32 Å². The van der Waals surface area contributed by atoms with Gasteiger partial charge in [-0.15, -0.1) is 0 Å². The molecule has 0 aromatic heterocycles. The molecule has 1 saturated heterocycles. The number of nitrogens with zero attached hydrogens (tertiary/aromatic N) is 1. The molecule has 2 aromatic rings. The van der Waals surface area contributed by atoms with E-state index in [9.17, 15) is 9.59 Å². The van der Waals surface area contributed by atoms with Crippen LogP contribution in [0, 0.1) is 0 Å². The number of nitrogens with one attached hydrogen (secondary N) is 2. The summed E-state index contributed by atoms with van der Waals surface area (Å²) in [6, 6.07) is 10.9. The fourth-order valence-corrected chi connectivity index (χ4v) is 5.13. The molecular weight excluding hydrogens is 518 g/mol. The standard InChI is InChI=1S/C17H14Br3N3O2/c1-9-6-15(24)22-17(25)23(9)12-4-2-11(3-5-12)21-16-13(19)7-10(18)8-14(16)20/h2-5,7-9,21H,6H2,1H3,(H,22,24,25)/t9-/m1/s1. The molecule has 3 rings (SSSR count). The predicted molar refractivity (Wildman–Crippen MR) is 109 cm³/mol. The van der Waals surface area contributed by atoms with Crippen LogP contribution in [0.3, 0.4) is 0 Å². The molecule has 0 spiro atoms. The van der Waals surface area contributed by atoms with Gasteiger partial charge >= 0.3 is 6.03 Å². The third kappa shape index (κ3) is 4.07. The smallest absolute Gasteiger partial charge is 0.328 e. The summed E-state index contributed by atoms with van der Waals surface area (Å²) in [4.78, 5) is 25.1. The highest BCUT2D eigenvalue weighted by atomic mass is 79.9. The topological polar surface area (TPSA) is 61.4 Å². The fraction of sp³-hybridized carbons (Fsp3) is 0.176. The summed E-state index contributed by atoms with van der Waals surface area (Å²) >= 11 is 10.5. The van der Waals surface area contributed by atoms with Crippen molar-refractivity contribution in [2.45, 2.75) is 19.4 Å². The molecule has 1 heterocycles. The maximum absolute atomic E-state index is 12.1. The number of hydrogen-bond acceptors (Lipinski definition) is 3. The van der Waals surface area contributed by atoms with Gasteiger partial charge in [-0.3, -0.25) is 15.0 Å². The molecule has 3 amide bonds. The van der Waals surface area contributed by atoms with Crippen molar-refractivity contribution in [3.63, 3.8) is 0 Å². The Balaban J connectivity index is 1.81. The fourth-order valence-electron chi connectivity index (χ4n) is 2.67. The first-order valence-corrected chi connectivity index (χ1v) is 9.87. The Kier molecular flexibility index (Phi) is 5.50. The second-order valence-electron chi connectivity index (χ2n) is 5.69. The quantitative estimate of drug-likeness (QED) is 0.546. The molecule has 130 valence electrons. The molecule has 1 fully saturated rings. The summed E-state index contributed by atoms with van der Waals surface area (Å²) in [7, 11) is 0. The third-order valence-electron chi connectivity index (χ3n) is 3.81. The Morgan fingerprint density at radius 1 is 1.08 bits per heavy atom. The molecule has 25 heavy (non-hydrogen) atoms. The Hall–Kier alpha value is -1.38. The van der Waals surface area contributed by atoms with Gasteiger partial charge in [-0.2, -0.15) is 0 Å². The van der Waals surface area contributed by atoms with E-state index in [2.05, 4.69) is 58.4 Å². The first-order chi connectivity index (χ1) is 11.8. The van der Waals surface area contributed by atoms with Gasteiger partial charge in [0.1, 0.15) is 0 Å². The van der Waals surface area contributed by atoms with Crippen molar-refractivity contribution in [2.24, 2.45) is 0 Å². The first-order valence-electron chi connectivity index (χ1n) is 7.50. The summed E-state index contributed by atoms with van der Waals surface area (Å²) in [6.07, 6.45) is 0.296. The Bertz CT molecular complexity index is 817. The number of benzene rings is 2. The predicted octanol–water partition coefficient (Wildman–Crippen LogP) is 5.55. The third-order valence-corrected chi connectivity index (χ3v) is 5.52. The van der Waals surface area contributed by atoms with Crippen molar-refractivity contribution < 1.29 is 9.59 Å². The normalized spacial score (nSPS) is 17.4. The number of urea groups is 1. The van der Waals surface area contributed by atoms with E-state index in [0.29, 0.717) is 6.42 Å². The van der Waals surface area contributed by atoms with Gasteiger partial charge in [0.15, 0.2) is 0 Å². The van der Waals surface area contributed by atoms with Crippen LogP contribution in [0.2, 0.25) is 0 Å². The van der Waals surface area contributed by atoms with Crippen molar-refractivity contribution in [1.29, 1.82) is 0 Å². The molecule has 0 radical (unpaired) electrons. The van der Waals surface area contributed by atoms with Crippen molar-refractivity contribution in [3.05, 3.63) is 49.8 Å². The molecule has 0 bridgehead atoms. The summed E-state index contributed by atoms with van der Waals surface area (Å²) in [5, 5.41) is 5.69. The molecule has 5 nitrogen and oxygen atoms in total. The van der Waals surface area contributed by atoms with E-state index in [-0.39, 0.29) is 18.0 Å². The number of amides is 3. The summed E-state index contributed by atoms with van der Waals surface area (Å²) < 4.78 is 2.80. The number of rotatable bonds is 3. The number of anilines is 3. The highest BCUT2D eigenvalue weighted by Gasteiger charge is 2.30. The first kappa shape index (κ1) is 18.4. The van der Waals surface area contributed by atoms with E-state index in [1.807, 2.05) is 43.3 Å². The van der Waals surface area contributed by atoms with Crippen LogP contribution < -0.4 is 15.5 Å². The number of carbonyl (C=O) groups is 2. The summed E-state index contributed by atoms with van der Waals surface area (Å²) in [5.74, 6) is -0.239. The van der Waals surface area contributed by atoms with E-state index in [1.165, 1.54) is 0 Å². The van der Waals surface area contributed by atoms with E-state index < -0.39 is 0 Å².